The largest absolute Gasteiger partial charge is 0.277 e. The average Bonchev–Trinajstić information content (AvgIpc) is 3.54. The molecule has 0 amide bonds. The van der Waals surface area contributed by atoms with Gasteiger partial charge in [-0.3, -0.25) is 9.13 Å². The van der Waals surface area contributed by atoms with Crippen LogP contribution in [0.4, 0.5) is 0 Å². The van der Waals surface area contributed by atoms with Gasteiger partial charge in [0.25, 0.3) is 0 Å². The molecule has 0 radical (unpaired) electrons. The van der Waals surface area contributed by atoms with Crippen molar-refractivity contribution in [2.45, 2.75) is 12.8 Å². The van der Waals surface area contributed by atoms with Gasteiger partial charge >= 0.3 is 0 Å². The molecule has 0 unspecified atom stereocenters. The second kappa shape index (κ2) is 8.10. The number of para-hydroxylation sites is 4. The van der Waals surface area contributed by atoms with E-state index in [0.29, 0.717) is 17.7 Å². The maximum atomic E-state index is 5.26. The number of hydrogen-bond acceptors (Lipinski definition) is 3. The summed E-state index contributed by atoms with van der Waals surface area (Å²) in [5.41, 5.74) is 8.08. The Kier molecular flexibility index (Phi) is 4.38. The van der Waals surface area contributed by atoms with Crippen LogP contribution in [-0.4, -0.2) is 24.1 Å². The summed E-state index contributed by atoms with van der Waals surface area (Å²) >= 11 is 0. The third kappa shape index (κ3) is 2.94. The van der Waals surface area contributed by atoms with Crippen molar-refractivity contribution < 1.29 is 0 Å². The Morgan fingerprint density at radius 2 is 0.900 bits per heavy atom. The van der Waals surface area contributed by atoms with Crippen molar-refractivity contribution in [2.24, 2.45) is 0 Å². The molecular formula is C35H23N5. The van der Waals surface area contributed by atoms with Crippen LogP contribution in [0.1, 0.15) is 11.1 Å². The van der Waals surface area contributed by atoms with Crippen molar-refractivity contribution in [2.75, 3.05) is 0 Å². The van der Waals surface area contributed by atoms with Crippen LogP contribution in [-0.2, 0) is 12.8 Å². The molecule has 188 valence electrons. The first-order chi connectivity index (χ1) is 19.8. The van der Waals surface area contributed by atoms with E-state index < -0.39 is 0 Å². The molecule has 0 spiro atoms. The molecule has 0 N–H and O–H groups in total. The summed E-state index contributed by atoms with van der Waals surface area (Å²) in [6.07, 6.45) is 1.81. The Labute approximate surface area is 230 Å². The normalized spacial score (nSPS) is 12.8. The molecule has 0 saturated heterocycles. The third-order valence-electron chi connectivity index (χ3n) is 8.26. The summed E-state index contributed by atoms with van der Waals surface area (Å²) in [6.45, 7) is 0. The molecule has 4 heterocycles. The van der Waals surface area contributed by atoms with Crippen LogP contribution in [0.15, 0.2) is 115 Å². The molecule has 9 rings (SSSR count). The van der Waals surface area contributed by atoms with Crippen LogP contribution in [0, 0.1) is 0 Å². The molecule has 1 aliphatic heterocycles. The molecule has 0 saturated carbocycles. The van der Waals surface area contributed by atoms with Gasteiger partial charge in [-0.15, -0.1) is 0 Å². The van der Waals surface area contributed by atoms with E-state index in [1.807, 2.05) is 18.2 Å². The maximum Gasteiger partial charge on any atom is 0.240 e. The topological polar surface area (TPSA) is 48.5 Å². The van der Waals surface area contributed by atoms with Crippen LogP contribution in [0.3, 0.4) is 0 Å². The molecule has 1 aliphatic rings. The zero-order valence-electron chi connectivity index (χ0n) is 21.6. The summed E-state index contributed by atoms with van der Waals surface area (Å²) in [7, 11) is 0. The lowest BCUT2D eigenvalue weighted by molar-refractivity contribution is 0.892. The summed E-state index contributed by atoms with van der Waals surface area (Å²) < 4.78 is 4.49. The quantitative estimate of drug-likeness (QED) is 0.225. The number of rotatable bonds is 1. The van der Waals surface area contributed by atoms with E-state index in [2.05, 4.69) is 106 Å². The van der Waals surface area contributed by atoms with Gasteiger partial charge in [0.1, 0.15) is 0 Å². The van der Waals surface area contributed by atoms with Crippen molar-refractivity contribution in [3.8, 4) is 23.3 Å². The molecule has 8 aromatic rings. The molecule has 0 atom stereocenters. The molecule has 5 heteroatoms. The predicted molar refractivity (Wildman–Crippen MR) is 161 cm³/mol. The van der Waals surface area contributed by atoms with E-state index in [1.165, 1.54) is 43.7 Å². The molecule has 5 aromatic carbocycles. The first-order valence-corrected chi connectivity index (χ1v) is 13.7. The number of aromatic nitrogens is 5. The SMILES string of the molecule is c1ccc(-c2nc3nc(n2)-n2c4ccccc4c4cccc(c42)CCc2cccc4c5ccccc5n-3c24)cc1. The van der Waals surface area contributed by atoms with Gasteiger partial charge in [-0.25, -0.2) is 0 Å². The third-order valence-corrected chi connectivity index (χ3v) is 8.26. The van der Waals surface area contributed by atoms with Crippen molar-refractivity contribution in [3.05, 3.63) is 126 Å². The van der Waals surface area contributed by atoms with E-state index in [1.54, 1.807) is 0 Å². The molecule has 3 aromatic heterocycles. The van der Waals surface area contributed by atoms with Gasteiger partial charge in [-0.1, -0.05) is 103 Å². The number of aryl methyl sites for hydroxylation is 2. The minimum absolute atomic E-state index is 0.632. The van der Waals surface area contributed by atoms with Crippen LogP contribution in [0.5, 0.6) is 0 Å². The zero-order valence-corrected chi connectivity index (χ0v) is 21.6. The second-order valence-electron chi connectivity index (χ2n) is 10.5. The highest BCUT2D eigenvalue weighted by atomic mass is 15.3. The van der Waals surface area contributed by atoms with E-state index in [0.717, 1.165) is 29.4 Å². The summed E-state index contributed by atoms with van der Waals surface area (Å²) in [6, 6.07) is 40.6. The highest BCUT2D eigenvalue weighted by molar-refractivity contribution is 6.11. The molecule has 40 heavy (non-hydrogen) atoms. The van der Waals surface area contributed by atoms with Gasteiger partial charge in [-0.2, -0.15) is 15.0 Å². The second-order valence-corrected chi connectivity index (χ2v) is 10.5. The standard InChI is InChI=1S/C35H23N5/c1-2-10-24(11-3-1)33-36-34-38-35(37-33)40-30-19-7-5-15-26(30)28-17-9-13-23(32(28)40)21-20-22-12-8-16-27-25-14-4-6-18-29(25)39(34)31(22)27/h1-19H,20-21H2. The lowest BCUT2D eigenvalue weighted by Crippen LogP contribution is -2.10. The Morgan fingerprint density at radius 3 is 1.45 bits per heavy atom. The van der Waals surface area contributed by atoms with Crippen molar-refractivity contribution in [1.82, 2.24) is 24.1 Å². The van der Waals surface area contributed by atoms with E-state index in [-0.39, 0.29) is 0 Å². The Hall–Kier alpha value is -5.29. The highest BCUT2D eigenvalue weighted by Crippen LogP contribution is 2.38. The Bertz CT molecular complexity index is 2130. The van der Waals surface area contributed by atoms with E-state index in [4.69, 9.17) is 15.0 Å². The number of benzene rings is 5. The Balaban J connectivity index is 1.51. The van der Waals surface area contributed by atoms with Gasteiger partial charge in [0, 0.05) is 27.1 Å². The number of fused-ring (bicyclic) bond motifs is 10. The maximum absolute atomic E-state index is 5.26. The fourth-order valence-electron chi connectivity index (χ4n) is 6.54. The first kappa shape index (κ1) is 21.6. The summed E-state index contributed by atoms with van der Waals surface area (Å²) in [5, 5.41) is 4.85. The predicted octanol–water partition coefficient (Wildman–Crippen LogP) is 7.83. The number of nitrogens with zero attached hydrogens (tertiary/aromatic N) is 5. The smallest absolute Gasteiger partial charge is 0.240 e. The average molecular weight is 514 g/mol. The van der Waals surface area contributed by atoms with Gasteiger partial charge in [0.15, 0.2) is 5.82 Å². The minimum Gasteiger partial charge on any atom is -0.277 e. The van der Waals surface area contributed by atoms with Crippen LogP contribution < -0.4 is 0 Å². The fraction of sp³-hybridized carbons (Fsp3) is 0.0571. The van der Waals surface area contributed by atoms with Crippen LogP contribution >= 0.6 is 0 Å². The zero-order chi connectivity index (χ0) is 26.2. The molecular weight excluding hydrogens is 490 g/mol. The fourth-order valence-corrected chi connectivity index (χ4v) is 6.54. The number of hydrogen-bond donors (Lipinski definition) is 0. The van der Waals surface area contributed by atoms with Crippen molar-refractivity contribution in [1.29, 1.82) is 0 Å². The molecule has 5 nitrogen and oxygen atoms in total. The van der Waals surface area contributed by atoms with Gasteiger partial charge < -0.3 is 0 Å². The highest BCUT2D eigenvalue weighted by Gasteiger charge is 2.23. The van der Waals surface area contributed by atoms with Gasteiger partial charge in [0.05, 0.1) is 22.1 Å². The summed E-state index contributed by atoms with van der Waals surface area (Å²) in [4.78, 5) is 15.5. The van der Waals surface area contributed by atoms with Gasteiger partial charge in [-0.05, 0) is 36.1 Å². The van der Waals surface area contributed by atoms with Gasteiger partial charge in [0.2, 0.25) is 11.9 Å². The monoisotopic (exact) mass is 513 g/mol. The van der Waals surface area contributed by atoms with Crippen LogP contribution in [0.2, 0.25) is 0 Å². The molecule has 0 aliphatic carbocycles. The van der Waals surface area contributed by atoms with E-state index in [9.17, 15) is 0 Å². The lowest BCUT2D eigenvalue weighted by Gasteiger charge is -2.13. The summed E-state index contributed by atoms with van der Waals surface area (Å²) in [5.74, 6) is 1.92. The van der Waals surface area contributed by atoms with Crippen LogP contribution in [0.25, 0.3) is 66.9 Å². The Morgan fingerprint density at radius 1 is 0.425 bits per heavy atom. The molecule has 2 bridgehead atoms. The lowest BCUT2D eigenvalue weighted by atomic mass is 10.00. The van der Waals surface area contributed by atoms with Crippen molar-refractivity contribution >= 4 is 43.6 Å². The minimum atomic E-state index is 0.632. The van der Waals surface area contributed by atoms with Crippen molar-refractivity contribution in [3.63, 3.8) is 0 Å². The van der Waals surface area contributed by atoms with E-state index >= 15 is 0 Å². The molecule has 0 fully saturated rings. The first-order valence-electron chi connectivity index (χ1n) is 13.7.